The maximum absolute atomic E-state index is 12.7. The van der Waals surface area contributed by atoms with Crippen molar-refractivity contribution in [2.45, 2.75) is 57.8 Å². The second kappa shape index (κ2) is 6.17. The Morgan fingerprint density at radius 3 is 2.65 bits per heavy atom. The second-order valence-electron chi connectivity index (χ2n) is 5.80. The molecule has 1 aromatic carbocycles. The highest BCUT2D eigenvalue weighted by molar-refractivity contribution is 5.27. The van der Waals surface area contributed by atoms with E-state index in [9.17, 15) is 13.2 Å². The van der Waals surface area contributed by atoms with Crippen molar-refractivity contribution in [3.63, 3.8) is 0 Å². The predicted octanol–water partition coefficient (Wildman–Crippen LogP) is 4.93. The zero-order chi connectivity index (χ0) is 14.8. The lowest BCUT2D eigenvalue weighted by molar-refractivity contribution is -0.137. The first kappa shape index (κ1) is 15.4. The Morgan fingerprint density at radius 1 is 1.30 bits per heavy atom. The van der Waals surface area contributed by atoms with Gasteiger partial charge in [0.2, 0.25) is 0 Å². The van der Waals surface area contributed by atoms with E-state index in [1.807, 2.05) is 6.92 Å². The third-order valence-electron chi connectivity index (χ3n) is 4.32. The van der Waals surface area contributed by atoms with E-state index in [0.29, 0.717) is 11.6 Å². The van der Waals surface area contributed by atoms with Crippen LogP contribution in [0.25, 0.3) is 0 Å². The van der Waals surface area contributed by atoms with Crippen molar-refractivity contribution in [3.05, 3.63) is 35.4 Å². The highest BCUT2D eigenvalue weighted by atomic mass is 19.4. The molecule has 0 aliphatic heterocycles. The van der Waals surface area contributed by atoms with Crippen LogP contribution < -0.4 is 5.32 Å². The third-order valence-corrected chi connectivity index (χ3v) is 4.32. The average molecular weight is 285 g/mol. The lowest BCUT2D eigenvalue weighted by Gasteiger charge is -2.21. The number of nitrogens with one attached hydrogen (secondary N) is 1. The van der Waals surface area contributed by atoms with E-state index in [1.165, 1.54) is 25.0 Å². The quantitative estimate of drug-likeness (QED) is 0.826. The SMILES string of the molecule is CCC1CCC(NC(C)c2cccc(C(F)(F)F)c2)C1. The summed E-state index contributed by atoms with van der Waals surface area (Å²) in [5.74, 6) is 0.765. The lowest BCUT2D eigenvalue weighted by Crippen LogP contribution is -2.29. The van der Waals surface area contributed by atoms with Gasteiger partial charge in [-0.1, -0.05) is 25.5 Å². The van der Waals surface area contributed by atoms with Crippen molar-refractivity contribution in [1.82, 2.24) is 5.32 Å². The van der Waals surface area contributed by atoms with E-state index in [0.717, 1.165) is 24.8 Å². The minimum atomic E-state index is -4.27. The lowest BCUT2D eigenvalue weighted by atomic mass is 10.0. The van der Waals surface area contributed by atoms with Gasteiger partial charge < -0.3 is 5.32 Å². The molecule has 20 heavy (non-hydrogen) atoms. The van der Waals surface area contributed by atoms with Gasteiger partial charge in [0.1, 0.15) is 0 Å². The van der Waals surface area contributed by atoms with Crippen LogP contribution in [0.5, 0.6) is 0 Å². The fraction of sp³-hybridized carbons (Fsp3) is 0.625. The highest BCUT2D eigenvalue weighted by Crippen LogP contribution is 2.32. The summed E-state index contributed by atoms with van der Waals surface area (Å²) in [5, 5.41) is 3.47. The number of hydrogen-bond acceptors (Lipinski definition) is 1. The second-order valence-corrected chi connectivity index (χ2v) is 5.80. The molecule has 112 valence electrons. The Bertz CT molecular complexity index is 442. The standard InChI is InChI=1S/C16H22F3N/c1-3-12-7-8-15(9-12)20-11(2)13-5-4-6-14(10-13)16(17,18)19/h4-6,10-12,15,20H,3,7-9H2,1-2H3. The van der Waals surface area contributed by atoms with Gasteiger partial charge in [0.05, 0.1) is 5.56 Å². The molecular weight excluding hydrogens is 263 g/mol. The van der Waals surface area contributed by atoms with Crippen molar-refractivity contribution >= 4 is 0 Å². The van der Waals surface area contributed by atoms with Crippen LogP contribution in [0, 0.1) is 5.92 Å². The monoisotopic (exact) mass is 285 g/mol. The first-order valence-corrected chi connectivity index (χ1v) is 7.33. The Kier molecular flexibility index (Phi) is 4.74. The molecule has 1 aliphatic carbocycles. The number of rotatable bonds is 4. The largest absolute Gasteiger partial charge is 0.416 e. The topological polar surface area (TPSA) is 12.0 Å². The molecule has 1 N–H and O–H groups in total. The van der Waals surface area contributed by atoms with Gasteiger partial charge in [-0.05, 0) is 49.8 Å². The van der Waals surface area contributed by atoms with Gasteiger partial charge in [0, 0.05) is 12.1 Å². The summed E-state index contributed by atoms with van der Waals surface area (Å²) < 4.78 is 38.1. The average Bonchev–Trinajstić information content (AvgIpc) is 2.85. The Hall–Kier alpha value is -1.03. The maximum Gasteiger partial charge on any atom is 0.416 e. The summed E-state index contributed by atoms with van der Waals surface area (Å²) in [4.78, 5) is 0. The highest BCUT2D eigenvalue weighted by Gasteiger charge is 2.31. The molecule has 1 nitrogen and oxygen atoms in total. The van der Waals surface area contributed by atoms with E-state index in [4.69, 9.17) is 0 Å². The molecule has 0 bridgehead atoms. The predicted molar refractivity (Wildman–Crippen MR) is 74.4 cm³/mol. The summed E-state index contributed by atoms with van der Waals surface area (Å²) in [7, 11) is 0. The summed E-state index contributed by atoms with van der Waals surface area (Å²) in [6.45, 7) is 4.14. The molecule has 0 aromatic heterocycles. The molecule has 2 rings (SSSR count). The molecule has 0 radical (unpaired) electrons. The molecule has 4 heteroatoms. The minimum absolute atomic E-state index is 0.0436. The fourth-order valence-electron chi connectivity index (χ4n) is 3.03. The van der Waals surface area contributed by atoms with Gasteiger partial charge in [0.15, 0.2) is 0 Å². The summed E-state index contributed by atoms with van der Waals surface area (Å²) in [5.41, 5.74) is 0.140. The number of benzene rings is 1. The van der Waals surface area contributed by atoms with Crippen molar-refractivity contribution in [2.24, 2.45) is 5.92 Å². The normalized spacial score (nSPS) is 24.9. The molecule has 3 unspecified atom stereocenters. The van der Waals surface area contributed by atoms with E-state index < -0.39 is 11.7 Å². The number of alkyl halides is 3. The number of halogens is 3. The van der Waals surface area contributed by atoms with Gasteiger partial charge in [-0.2, -0.15) is 13.2 Å². The van der Waals surface area contributed by atoms with Gasteiger partial charge in [0.25, 0.3) is 0 Å². The van der Waals surface area contributed by atoms with Crippen LogP contribution in [-0.2, 0) is 6.18 Å². The first-order chi connectivity index (χ1) is 9.40. The molecule has 0 heterocycles. The van der Waals surface area contributed by atoms with Crippen LogP contribution in [0.3, 0.4) is 0 Å². The van der Waals surface area contributed by atoms with E-state index >= 15 is 0 Å². The van der Waals surface area contributed by atoms with Gasteiger partial charge >= 0.3 is 6.18 Å². The molecule has 0 saturated heterocycles. The van der Waals surface area contributed by atoms with Crippen LogP contribution >= 0.6 is 0 Å². The van der Waals surface area contributed by atoms with Crippen LogP contribution in [-0.4, -0.2) is 6.04 Å². The smallest absolute Gasteiger partial charge is 0.307 e. The van der Waals surface area contributed by atoms with Crippen molar-refractivity contribution in [2.75, 3.05) is 0 Å². The Labute approximate surface area is 118 Å². The van der Waals surface area contributed by atoms with Gasteiger partial charge in [-0.15, -0.1) is 0 Å². The molecule has 3 atom stereocenters. The summed E-state index contributed by atoms with van der Waals surface area (Å²) >= 11 is 0. The van der Waals surface area contributed by atoms with Crippen LogP contribution in [0.15, 0.2) is 24.3 Å². The first-order valence-electron chi connectivity index (χ1n) is 7.33. The molecule has 1 saturated carbocycles. The van der Waals surface area contributed by atoms with Crippen LogP contribution in [0.2, 0.25) is 0 Å². The van der Waals surface area contributed by atoms with Gasteiger partial charge in [-0.25, -0.2) is 0 Å². The number of hydrogen-bond donors (Lipinski definition) is 1. The van der Waals surface area contributed by atoms with E-state index in [1.54, 1.807) is 6.07 Å². The molecule has 0 amide bonds. The molecular formula is C16H22F3N. The molecule has 0 spiro atoms. The maximum atomic E-state index is 12.7. The third kappa shape index (κ3) is 3.75. The zero-order valence-corrected chi connectivity index (χ0v) is 12.0. The van der Waals surface area contributed by atoms with Crippen LogP contribution in [0.4, 0.5) is 13.2 Å². The summed E-state index contributed by atoms with van der Waals surface area (Å²) in [6.07, 6.45) is 0.414. The van der Waals surface area contributed by atoms with Crippen molar-refractivity contribution < 1.29 is 13.2 Å². The molecule has 1 aromatic rings. The minimum Gasteiger partial charge on any atom is -0.307 e. The van der Waals surface area contributed by atoms with Gasteiger partial charge in [-0.3, -0.25) is 0 Å². The van der Waals surface area contributed by atoms with Crippen molar-refractivity contribution in [1.29, 1.82) is 0 Å². The van der Waals surface area contributed by atoms with E-state index in [-0.39, 0.29) is 6.04 Å². The Balaban J connectivity index is 2.01. The zero-order valence-electron chi connectivity index (χ0n) is 12.0. The molecule has 1 fully saturated rings. The summed E-state index contributed by atoms with van der Waals surface area (Å²) in [6, 6.07) is 6.02. The molecule has 1 aliphatic rings. The van der Waals surface area contributed by atoms with Crippen LogP contribution in [0.1, 0.15) is 56.7 Å². The van der Waals surface area contributed by atoms with E-state index in [2.05, 4.69) is 12.2 Å². The van der Waals surface area contributed by atoms with Crippen molar-refractivity contribution in [3.8, 4) is 0 Å². The fourth-order valence-corrected chi connectivity index (χ4v) is 3.03. The Morgan fingerprint density at radius 2 is 2.05 bits per heavy atom.